The van der Waals surface area contributed by atoms with E-state index >= 15 is 0 Å². The molecule has 1 aromatic heterocycles. The highest BCUT2D eigenvalue weighted by atomic mass is 16.5. The first-order valence-corrected chi connectivity index (χ1v) is 5.18. The van der Waals surface area contributed by atoms with Gasteiger partial charge < -0.3 is 19.6 Å². The van der Waals surface area contributed by atoms with Gasteiger partial charge in [0.15, 0.2) is 6.10 Å². The highest BCUT2D eigenvalue weighted by molar-refractivity contribution is 5.78. The van der Waals surface area contributed by atoms with Gasteiger partial charge in [-0.25, -0.2) is 4.79 Å². The van der Waals surface area contributed by atoms with E-state index < -0.39 is 12.1 Å². The smallest absolute Gasteiger partial charge is 0.334 e. The number of aryl methyl sites for hydroxylation is 1. The maximum atomic E-state index is 11.4. The summed E-state index contributed by atoms with van der Waals surface area (Å²) in [6, 6.07) is 3.53. The molecule has 1 amide bonds. The van der Waals surface area contributed by atoms with E-state index in [0.717, 1.165) is 5.76 Å². The Kier molecular flexibility index (Phi) is 5.22. The van der Waals surface area contributed by atoms with Crippen LogP contribution in [-0.4, -0.2) is 36.7 Å². The van der Waals surface area contributed by atoms with Crippen LogP contribution in [0.5, 0.6) is 0 Å². The van der Waals surface area contributed by atoms with Gasteiger partial charge in [-0.2, -0.15) is 0 Å². The number of furan rings is 1. The van der Waals surface area contributed by atoms with Gasteiger partial charge >= 0.3 is 5.97 Å². The van der Waals surface area contributed by atoms with Crippen molar-refractivity contribution in [3.63, 3.8) is 0 Å². The number of methoxy groups -OCH3 is 1. The summed E-state index contributed by atoms with van der Waals surface area (Å²) in [5, 5.41) is 11.2. The van der Waals surface area contributed by atoms with Crippen LogP contribution in [0.25, 0.3) is 0 Å². The second kappa shape index (κ2) is 6.70. The van der Waals surface area contributed by atoms with Crippen molar-refractivity contribution in [2.45, 2.75) is 18.9 Å². The molecule has 6 nitrogen and oxygen atoms in total. The predicted octanol–water partition coefficient (Wildman–Crippen LogP) is 0.428. The number of carbonyl (C=O) groups is 2. The Bertz CT molecular complexity index is 360. The van der Waals surface area contributed by atoms with Crippen molar-refractivity contribution in [1.82, 2.24) is 5.32 Å². The lowest BCUT2D eigenvalue weighted by Crippen LogP contribution is -2.37. The van der Waals surface area contributed by atoms with Gasteiger partial charge in [0, 0.05) is 20.0 Å². The molecular weight excluding hydrogens is 226 g/mol. The van der Waals surface area contributed by atoms with Crippen LogP contribution in [0.3, 0.4) is 0 Å². The summed E-state index contributed by atoms with van der Waals surface area (Å²) < 4.78 is 9.75. The number of carbonyl (C=O) groups excluding carboxylic acids is 1. The van der Waals surface area contributed by atoms with Crippen molar-refractivity contribution in [2.75, 3.05) is 13.7 Å². The van der Waals surface area contributed by atoms with E-state index in [1.807, 2.05) is 0 Å². The molecule has 0 saturated carbocycles. The maximum Gasteiger partial charge on any atom is 0.334 e. The fourth-order valence-corrected chi connectivity index (χ4v) is 1.26. The molecule has 1 unspecified atom stereocenters. The largest absolute Gasteiger partial charge is 0.479 e. The zero-order valence-corrected chi connectivity index (χ0v) is 9.51. The zero-order chi connectivity index (χ0) is 12.7. The molecule has 17 heavy (non-hydrogen) atoms. The van der Waals surface area contributed by atoms with Gasteiger partial charge in [0.2, 0.25) is 5.91 Å². The average molecular weight is 241 g/mol. The van der Waals surface area contributed by atoms with Gasteiger partial charge in [-0.15, -0.1) is 0 Å². The van der Waals surface area contributed by atoms with E-state index in [-0.39, 0.29) is 18.9 Å². The topological polar surface area (TPSA) is 88.8 Å². The van der Waals surface area contributed by atoms with E-state index in [9.17, 15) is 9.59 Å². The second-order valence-electron chi connectivity index (χ2n) is 3.45. The first-order valence-electron chi connectivity index (χ1n) is 5.18. The van der Waals surface area contributed by atoms with Crippen molar-refractivity contribution in [2.24, 2.45) is 0 Å². The summed E-state index contributed by atoms with van der Waals surface area (Å²) in [6.07, 6.45) is 1.27. The summed E-state index contributed by atoms with van der Waals surface area (Å²) in [4.78, 5) is 22.0. The lowest BCUT2D eigenvalue weighted by molar-refractivity contribution is -0.148. The molecule has 0 fully saturated rings. The molecule has 0 radical (unpaired) electrons. The van der Waals surface area contributed by atoms with Crippen LogP contribution in [0.1, 0.15) is 12.2 Å². The first-order chi connectivity index (χ1) is 8.13. The fourth-order valence-electron chi connectivity index (χ4n) is 1.26. The van der Waals surface area contributed by atoms with Gasteiger partial charge in [-0.1, -0.05) is 0 Å². The summed E-state index contributed by atoms with van der Waals surface area (Å²) in [7, 11) is 1.29. The number of hydrogen-bond acceptors (Lipinski definition) is 4. The molecule has 2 N–H and O–H groups in total. The lowest BCUT2D eigenvalue weighted by atomic mass is 10.2. The number of rotatable bonds is 7. The molecule has 0 spiro atoms. The standard InChI is InChI=1S/C11H15NO5/c1-16-9(11(14)15)7-12-10(13)5-4-8-3-2-6-17-8/h2-3,6,9H,4-5,7H2,1H3,(H,12,13)(H,14,15). The van der Waals surface area contributed by atoms with Gasteiger partial charge in [0.1, 0.15) is 5.76 Å². The SMILES string of the molecule is COC(CNC(=O)CCc1ccco1)C(=O)O. The van der Waals surface area contributed by atoms with Gasteiger partial charge in [0.05, 0.1) is 12.8 Å². The average Bonchev–Trinajstić information content (AvgIpc) is 2.79. The Morgan fingerprint density at radius 1 is 1.59 bits per heavy atom. The minimum Gasteiger partial charge on any atom is -0.479 e. The van der Waals surface area contributed by atoms with E-state index in [4.69, 9.17) is 9.52 Å². The molecule has 1 atom stereocenters. The maximum absolute atomic E-state index is 11.4. The van der Waals surface area contributed by atoms with Gasteiger partial charge in [0.25, 0.3) is 0 Å². The van der Waals surface area contributed by atoms with Crippen molar-refractivity contribution in [1.29, 1.82) is 0 Å². The Morgan fingerprint density at radius 3 is 2.88 bits per heavy atom. The lowest BCUT2D eigenvalue weighted by Gasteiger charge is -2.11. The molecule has 0 bridgehead atoms. The summed E-state index contributed by atoms with van der Waals surface area (Å²) in [5.41, 5.74) is 0. The molecule has 0 saturated heterocycles. The number of ether oxygens (including phenoxy) is 1. The third-order valence-corrected chi connectivity index (χ3v) is 2.22. The minimum atomic E-state index is -1.10. The van der Waals surface area contributed by atoms with Crippen molar-refractivity contribution >= 4 is 11.9 Å². The van der Waals surface area contributed by atoms with Crippen LogP contribution < -0.4 is 5.32 Å². The quantitative estimate of drug-likeness (QED) is 0.722. The Hall–Kier alpha value is -1.82. The van der Waals surface area contributed by atoms with E-state index in [1.54, 1.807) is 18.4 Å². The van der Waals surface area contributed by atoms with Crippen molar-refractivity contribution in [3.8, 4) is 0 Å². The molecule has 1 heterocycles. The highest BCUT2D eigenvalue weighted by Gasteiger charge is 2.16. The number of carboxylic acids is 1. The van der Waals surface area contributed by atoms with Crippen LogP contribution in [0.15, 0.2) is 22.8 Å². The van der Waals surface area contributed by atoms with Crippen LogP contribution in [0, 0.1) is 0 Å². The third-order valence-electron chi connectivity index (χ3n) is 2.22. The van der Waals surface area contributed by atoms with E-state index in [2.05, 4.69) is 10.1 Å². The van der Waals surface area contributed by atoms with Crippen LogP contribution in [-0.2, 0) is 20.7 Å². The van der Waals surface area contributed by atoms with E-state index in [0.29, 0.717) is 6.42 Å². The second-order valence-corrected chi connectivity index (χ2v) is 3.45. The Labute approximate surface area is 98.6 Å². The zero-order valence-electron chi connectivity index (χ0n) is 9.51. The molecule has 1 aromatic rings. The molecule has 1 rings (SSSR count). The fraction of sp³-hybridized carbons (Fsp3) is 0.455. The van der Waals surface area contributed by atoms with Crippen LogP contribution in [0.2, 0.25) is 0 Å². The summed E-state index contributed by atoms with van der Waals surface area (Å²) in [6.45, 7) is -0.0389. The molecule has 0 aliphatic heterocycles. The normalized spacial score (nSPS) is 12.1. The summed E-state index contributed by atoms with van der Waals surface area (Å²) in [5.74, 6) is -0.606. The molecule has 0 aliphatic rings. The molecule has 94 valence electrons. The minimum absolute atomic E-state index is 0.0389. The molecule has 6 heteroatoms. The monoisotopic (exact) mass is 241 g/mol. The number of carboxylic acid groups (broad SMARTS) is 1. The molecule has 0 aromatic carbocycles. The number of amides is 1. The number of hydrogen-bond donors (Lipinski definition) is 2. The van der Waals surface area contributed by atoms with Gasteiger partial charge in [-0.05, 0) is 12.1 Å². The highest BCUT2D eigenvalue weighted by Crippen LogP contribution is 2.03. The Morgan fingerprint density at radius 2 is 2.35 bits per heavy atom. The third kappa shape index (κ3) is 4.69. The number of aliphatic carboxylic acids is 1. The first kappa shape index (κ1) is 13.2. The Balaban J connectivity index is 2.23. The van der Waals surface area contributed by atoms with Crippen molar-refractivity contribution in [3.05, 3.63) is 24.2 Å². The van der Waals surface area contributed by atoms with Crippen molar-refractivity contribution < 1.29 is 23.8 Å². The predicted molar refractivity (Wildman–Crippen MR) is 58.5 cm³/mol. The van der Waals surface area contributed by atoms with E-state index in [1.165, 1.54) is 7.11 Å². The van der Waals surface area contributed by atoms with Crippen LogP contribution >= 0.6 is 0 Å². The van der Waals surface area contributed by atoms with Gasteiger partial charge in [-0.3, -0.25) is 4.79 Å². The number of nitrogens with one attached hydrogen (secondary N) is 1. The molecule has 0 aliphatic carbocycles. The molecular formula is C11H15NO5. The summed E-state index contributed by atoms with van der Waals surface area (Å²) >= 11 is 0. The van der Waals surface area contributed by atoms with Crippen LogP contribution in [0.4, 0.5) is 0 Å².